The van der Waals surface area contributed by atoms with Crippen molar-refractivity contribution < 1.29 is 4.79 Å². The van der Waals surface area contributed by atoms with Crippen molar-refractivity contribution in [3.63, 3.8) is 0 Å². The van der Waals surface area contributed by atoms with E-state index in [9.17, 15) is 4.79 Å². The predicted molar refractivity (Wildman–Crippen MR) is 64.8 cm³/mol. The Balaban J connectivity index is 3.64. The lowest BCUT2D eigenvalue weighted by Gasteiger charge is -2.23. The minimum Gasteiger partial charge on any atom is -0.353 e. The summed E-state index contributed by atoms with van der Waals surface area (Å²) in [6.07, 6.45) is 2.10. The lowest BCUT2D eigenvalue weighted by atomic mass is 9.90. The maximum atomic E-state index is 11.4. The van der Waals surface area contributed by atoms with Gasteiger partial charge in [-0.3, -0.25) is 4.79 Å². The van der Waals surface area contributed by atoms with Crippen LogP contribution in [0.15, 0.2) is 0 Å². The van der Waals surface area contributed by atoms with E-state index in [1.54, 1.807) is 0 Å². The van der Waals surface area contributed by atoms with Gasteiger partial charge in [-0.2, -0.15) is 0 Å². The van der Waals surface area contributed by atoms with Crippen molar-refractivity contribution in [2.75, 3.05) is 13.1 Å². The number of rotatable bonds is 7. The average Bonchev–Trinajstić information content (AvgIpc) is 2.17. The van der Waals surface area contributed by atoms with Crippen LogP contribution in [0.5, 0.6) is 0 Å². The van der Waals surface area contributed by atoms with Crippen LogP contribution in [0, 0.1) is 5.41 Å². The van der Waals surface area contributed by atoms with Gasteiger partial charge in [0.1, 0.15) is 0 Å². The van der Waals surface area contributed by atoms with Gasteiger partial charge in [0.2, 0.25) is 5.91 Å². The summed E-state index contributed by atoms with van der Waals surface area (Å²) in [5, 5.41) is 6.13. The second-order valence-corrected chi connectivity index (χ2v) is 5.00. The monoisotopic (exact) mass is 214 g/mol. The van der Waals surface area contributed by atoms with E-state index in [4.69, 9.17) is 0 Å². The van der Waals surface area contributed by atoms with Gasteiger partial charge in [-0.25, -0.2) is 0 Å². The minimum absolute atomic E-state index is 0.0938. The molecule has 0 aliphatic carbocycles. The van der Waals surface area contributed by atoms with E-state index in [0.717, 1.165) is 19.4 Å². The highest BCUT2D eigenvalue weighted by atomic mass is 16.1. The van der Waals surface area contributed by atoms with Gasteiger partial charge in [0.25, 0.3) is 0 Å². The zero-order chi connectivity index (χ0) is 11.9. The molecule has 0 aliphatic heterocycles. The van der Waals surface area contributed by atoms with Crippen molar-refractivity contribution in [2.45, 2.75) is 53.5 Å². The van der Waals surface area contributed by atoms with Gasteiger partial charge < -0.3 is 10.6 Å². The standard InChI is InChI=1S/C12H26N2O/c1-6-10(3)14-11(15)8-13-9-12(4,5)7-2/h10,13H,6-9H2,1-5H3,(H,14,15). The van der Waals surface area contributed by atoms with Crippen LogP contribution in [-0.4, -0.2) is 25.0 Å². The zero-order valence-corrected chi connectivity index (χ0v) is 10.8. The lowest BCUT2D eigenvalue weighted by Crippen LogP contribution is -2.41. The van der Waals surface area contributed by atoms with Crippen LogP contribution in [-0.2, 0) is 4.79 Å². The topological polar surface area (TPSA) is 41.1 Å². The van der Waals surface area contributed by atoms with Crippen LogP contribution in [0.4, 0.5) is 0 Å². The van der Waals surface area contributed by atoms with Gasteiger partial charge in [0.15, 0.2) is 0 Å². The molecule has 15 heavy (non-hydrogen) atoms. The Morgan fingerprint density at radius 2 is 1.93 bits per heavy atom. The van der Waals surface area contributed by atoms with Gasteiger partial charge in [-0.05, 0) is 25.2 Å². The maximum Gasteiger partial charge on any atom is 0.234 e. The summed E-state index contributed by atoms with van der Waals surface area (Å²) in [6, 6.07) is 0.276. The zero-order valence-electron chi connectivity index (χ0n) is 10.8. The Morgan fingerprint density at radius 1 is 1.33 bits per heavy atom. The van der Waals surface area contributed by atoms with Crippen LogP contribution in [0.3, 0.4) is 0 Å². The highest BCUT2D eigenvalue weighted by molar-refractivity contribution is 5.78. The van der Waals surface area contributed by atoms with Gasteiger partial charge in [-0.1, -0.05) is 27.7 Å². The minimum atomic E-state index is 0.0938. The number of nitrogens with one attached hydrogen (secondary N) is 2. The molecule has 0 aromatic carbocycles. The van der Waals surface area contributed by atoms with Crippen molar-refractivity contribution in [3.8, 4) is 0 Å². The Bertz CT molecular complexity index is 190. The molecule has 1 atom stereocenters. The molecule has 0 aliphatic rings. The van der Waals surface area contributed by atoms with Gasteiger partial charge in [-0.15, -0.1) is 0 Å². The molecule has 1 amide bonds. The quantitative estimate of drug-likeness (QED) is 0.680. The summed E-state index contributed by atoms with van der Waals surface area (Å²) >= 11 is 0. The summed E-state index contributed by atoms with van der Waals surface area (Å²) < 4.78 is 0. The Morgan fingerprint density at radius 3 is 2.40 bits per heavy atom. The summed E-state index contributed by atoms with van der Waals surface area (Å²) in [6.45, 7) is 12.0. The van der Waals surface area contributed by atoms with E-state index in [0.29, 0.717) is 6.54 Å². The third-order valence-electron chi connectivity index (χ3n) is 2.87. The molecular weight excluding hydrogens is 188 g/mol. The molecule has 1 unspecified atom stereocenters. The van der Waals surface area contributed by atoms with Gasteiger partial charge in [0, 0.05) is 12.6 Å². The molecule has 2 N–H and O–H groups in total. The molecular formula is C12H26N2O. The largest absolute Gasteiger partial charge is 0.353 e. The van der Waals surface area contributed by atoms with Crippen molar-refractivity contribution in [2.24, 2.45) is 5.41 Å². The summed E-state index contributed by atoms with van der Waals surface area (Å²) in [4.78, 5) is 11.4. The molecule has 0 fully saturated rings. The maximum absolute atomic E-state index is 11.4. The first-order valence-electron chi connectivity index (χ1n) is 5.91. The smallest absolute Gasteiger partial charge is 0.234 e. The number of carbonyl (C=O) groups is 1. The van der Waals surface area contributed by atoms with E-state index in [-0.39, 0.29) is 17.4 Å². The third-order valence-corrected chi connectivity index (χ3v) is 2.87. The lowest BCUT2D eigenvalue weighted by molar-refractivity contribution is -0.120. The molecule has 3 nitrogen and oxygen atoms in total. The first-order valence-corrected chi connectivity index (χ1v) is 5.91. The number of carbonyl (C=O) groups excluding carboxylic acids is 1. The van der Waals surface area contributed by atoms with Crippen molar-refractivity contribution in [3.05, 3.63) is 0 Å². The van der Waals surface area contributed by atoms with Gasteiger partial charge >= 0.3 is 0 Å². The number of amides is 1. The summed E-state index contributed by atoms with van der Waals surface area (Å²) in [5.41, 5.74) is 0.274. The highest BCUT2D eigenvalue weighted by Gasteiger charge is 2.14. The molecule has 90 valence electrons. The van der Waals surface area contributed by atoms with Crippen LogP contribution >= 0.6 is 0 Å². The molecule has 3 heteroatoms. The fourth-order valence-corrected chi connectivity index (χ4v) is 1.07. The molecule has 0 aromatic rings. The second kappa shape index (κ2) is 6.83. The normalized spacial score (nSPS) is 13.7. The molecule has 0 radical (unpaired) electrons. The summed E-state index contributed by atoms with van der Waals surface area (Å²) in [7, 11) is 0. The van der Waals surface area contributed by atoms with Crippen molar-refractivity contribution >= 4 is 5.91 Å². The second-order valence-electron chi connectivity index (χ2n) is 5.00. The fourth-order valence-electron chi connectivity index (χ4n) is 1.07. The van der Waals surface area contributed by atoms with Crippen LogP contribution in [0.1, 0.15) is 47.5 Å². The SMILES string of the molecule is CCC(C)NC(=O)CNCC(C)(C)CC. The molecule has 0 spiro atoms. The predicted octanol–water partition coefficient (Wildman–Crippen LogP) is 1.93. The van der Waals surface area contributed by atoms with Crippen molar-refractivity contribution in [1.29, 1.82) is 0 Å². The highest BCUT2D eigenvalue weighted by Crippen LogP contribution is 2.17. The Hall–Kier alpha value is -0.570. The fraction of sp³-hybridized carbons (Fsp3) is 0.917. The first-order chi connectivity index (χ1) is 6.91. The average molecular weight is 214 g/mol. The van der Waals surface area contributed by atoms with Crippen LogP contribution in [0.2, 0.25) is 0 Å². The molecule has 0 rings (SSSR count). The molecule has 0 saturated carbocycles. The molecule has 0 bridgehead atoms. The van der Waals surface area contributed by atoms with E-state index >= 15 is 0 Å². The Kier molecular flexibility index (Phi) is 6.57. The molecule has 0 aromatic heterocycles. The van der Waals surface area contributed by atoms with E-state index in [1.165, 1.54) is 0 Å². The van der Waals surface area contributed by atoms with E-state index in [1.807, 2.05) is 6.92 Å². The molecule has 0 heterocycles. The number of hydrogen-bond acceptors (Lipinski definition) is 2. The number of hydrogen-bond donors (Lipinski definition) is 2. The van der Waals surface area contributed by atoms with Crippen LogP contribution in [0.25, 0.3) is 0 Å². The van der Waals surface area contributed by atoms with E-state index in [2.05, 4.69) is 38.3 Å². The third kappa shape index (κ3) is 7.37. The van der Waals surface area contributed by atoms with E-state index < -0.39 is 0 Å². The Labute approximate surface area is 94.0 Å². The van der Waals surface area contributed by atoms with Gasteiger partial charge in [0.05, 0.1) is 6.54 Å². The van der Waals surface area contributed by atoms with Crippen LogP contribution < -0.4 is 10.6 Å². The summed E-state index contributed by atoms with van der Waals surface area (Å²) in [5.74, 6) is 0.0938. The first kappa shape index (κ1) is 14.4. The van der Waals surface area contributed by atoms with Crippen molar-refractivity contribution in [1.82, 2.24) is 10.6 Å². The molecule has 0 saturated heterocycles.